The quantitative estimate of drug-likeness (QED) is 0.418. The highest BCUT2D eigenvalue weighted by Crippen LogP contribution is 2.25. The molecular formula is C28H36FN5O3. The summed E-state index contributed by atoms with van der Waals surface area (Å²) < 4.78 is 21.8. The zero-order valence-corrected chi connectivity index (χ0v) is 22.1. The fourth-order valence-electron chi connectivity index (χ4n) is 4.58. The first-order valence-corrected chi connectivity index (χ1v) is 12.8. The van der Waals surface area contributed by atoms with Crippen LogP contribution in [0.4, 0.5) is 4.39 Å². The summed E-state index contributed by atoms with van der Waals surface area (Å²) in [5.74, 6) is -0.0660. The Morgan fingerprint density at radius 2 is 1.78 bits per heavy atom. The maximum Gasteiger partial charge on any atom is 0.351 e. The largest absolute Gasteiger partial charge is 0.494 e. The molecule has 37 heavy (non-hydrogen) atoms. The second kappa shape index (κ2) is 11.8. The lowest BCUT2D eigenvalue weighted by Crippen LogP contribution is -2.45. The van der Waals surface area contributed by atoms with E-state index in [0.29, 0.717) is 23.5 Å². The molecule has 0 bridgehead atoms. The van der Waals surface area contributed by atoms with Crippen molar-refractivity contribution in [2.24, 2.45) is 5.92 Å². The number of rotatable bonds is 10. The summed E-state index contributed by atoms with van der Waals surface area (Å²) in [6, 6.07) is 12.1. The lowest BCUT2D eigenvalue weighted by molar-refractivity contribution is -0.120. The first-order valence-electron chi connectivity index (χ1n) is 12.8. The third-order valence-corrected chi connectivity index (χ3v) is 6.74. The average Bonchev–Trinajstić information content (AvgIpc) is 3.19. The van der Waals surface area contributed by atoms with Crippen LogP contribution < -0.4 is 10.4 Å². The fourth-order valence-corrected chi connectivity index (χ4v) is 4.58. The van der Waals surface area contributed by atoms with E-state index >= 15 is 0 Å². The smallest absolute Gasteiger partial charge is 0.351 e. The predicted molar refractivity (Wildman–Crippen MR) is 142 cm³/mol. The minimum atomic E-state index is -0.511. The van der Waals surface area contributed by atoms with Gasteiger partial charge in [0, 0.05) is 44.7 Å². The summed E-state index contributed by atoms with van der Waals surface area (Å²) in [5, 5.41) is 4.57. The monoisotopic (exact) mass is 509 g/mol. The minimum Gasteiger partial charge on any atom is -0.494 e. The number of ether oxygens (including phenoxy) is 1. The Kier molecular flexibility index (Phi) is 8.56. The van der Waals surface area contributed by atoms with Gasteiger partial charge in [-0.2, -0.15) is 4.68 Å². The lowest BCUT2D eigenvalue weighted by Gasteiger charge is -2.32. The van der Waals surface area contributed by atoms with E-state index < -0.39 is 11.5 Å². The molecule has 0 spiro atoms. The Balaban J connectivity index is 1.61. The Morgan fingerprint density at radius 1 is 1.08 bits per heavy atom. The molecule has 0 unspecified atom stereocenters. The number of likely N-dealkylation sites (N-methyl/N-ethyl adjacent to an activating group) is 1. The van der Waals surface area contributed by atoms with Crippen LogP contribution in [0.15, 0.2) is 47.3 Å². The molecule has 0 atom stereocenters. The molecule has 1 aliphatic rings. The first-order chi connectivity index (χ1) is 17.7. The van der Waals surface area contributed by atoms with Gasteiger partial charge in [-0.05, 0) is 55.3 Å². The van der Waals surface area contributed by atoms with Gasteiger partial charge in [0.1, 0.15) is 0 Å². The van der Waals surface area contributed by atoms with Gasteiger partial charge in [0.05, 0.1) is 19.3 Å². The summed E-state index contributed by atoms with van der Waals surface area (Å²) in [5.41, 5.74) is 1.88. The minimum absolute atomic E-state index is 0.0456. The van der Waals surface area contributed by atoms with Crippen molar-refractivity contribution in [2.75, 3.05) is 46.9 Å². The number of ketones is 1. The van der Waals surface area contributed by atoms with E-state index in [1.807, 2.05) is 38.1 Å². The Labute approximate surface area is 217 Å². The molecule has 3 aromatic rings. The highest BCUT2D eigenvalue weighted by atomic mass is 19.1. The molecule has 1 aromatic heterocycles. The van der Waals surface area contributed by atoms with Crippen molar-refractivity contribution in [1.29, 1.82) is 0 Å². The third-order valence-electron chi connectivity index (χ3n) is 6.74. The molecule has 0 aliphatic carbocycles. The van der Waals surface area contributed by atoms with Crippen LogP contribution in [0.2, 0.25) is 0 Å². The van der Waals surface area contributed by atoms with Crippen LogP contribution in [0, 0.1) is 11.7 Å². The molecule has 0 radical (unpaired) electrons. The van der Waals surface area contributed by atoms with E-state index in [0.717, 1.165) is 39.1 Å². The molecule has 1 aliphatic heterocycles. The molecule has 9 heteroatoms. The molecule has 198 valence electrons. The highest BCUT2D eigenvalue weighted by Gasteiger charge is 2.20. The maximum absolute atomic E-state index is 14.0. The van der Waals surface area contributed by atoms with Crippen molar-refractivity contribution in [2.45, 2.75) is 33.2 Å². The second-order valence-corrected chi connectivity index (χ2v) is 10.2. The SMILES string of the molecule is COc1cc(-c2nn(-c3ccc(CCN4CCN(C)CC4)cc3)c(=O)n2CC(=O)CC(C)C)ccc1F. The number of carbonyl (C=O) groups excluding carboxylic acids is 1. The number of benzene rings is 2. The van der Waals surface area contributed by atoms with Gasteiger partial charge in [-0.3, -0.25) is 9.36 Å². The number of hydrogen-bond acceptors (Lipinski definition) is 6. The summed E-state index contributed by atoms with van der Waals surface area (Å²) in [6.07, 6.45) is 1.28. The Morgan fingerprint density at radius 3 is 2.43 bits per heavy atom. The van der Waals surface area contributed by atoms with Gasteiger partial charge in [-0.1, -0.05) is 26.0 Å². The molecule has 0 amide bonds. The van der Waals surface area contributed by atoms with Crippen molar-refractivity contribution in [1.82, 2.24) is 24.1 Å². The van der Waals surface area contributed by atoms with E-state index in [2.05, 4.69) is 21.9 Å². The number of nitrogens with zero attached hydrogens (tertiary/aromatic N) is 5. The van der Waals surface area contributed by atoms with Crippen molar-refractivity contribution in [3.8, 4) is 22.8 Å². The maximum atomic E-state index is 14.0. The molecule has 4 rings (SSSR count). The van der Waals surface area contributed by atoms with E-state index in [9.17, 15) is 14.0 Å². The van der Waals surface area contributed by atoms with Crippen LogP contribution in [-0.4, -0.2) is 76.8 Å². The number of methoxy groups -OCH3 is 1. The predicted octanol–water partition coefficient (Wildman–Crippen LogP) is 3.25. The van der Waals surface area contributed by atoms with E-state index in [1.54, 1.807) is 0 Å². The van der Waals surface area contributed by atoms with Gasteiger partial charge in [-0.15, -0.1) is 5.10 Å². The molecule has 8 nitrogen and oxygen atoms in total. The number of carbonyl (C=O) groups is 1. The molecule has 1 fully saturated rings. The van der Waals surface area contributed by atoms with Gasteiger partial charge in [0.15, 0.2) is 23.2 Å². The highest BCUT2D eigenvalue weighted by molar-refractivity contribution is 5.79. The van der Waals surface area contributed by atoms with Gasteiger partial charge < -0.3 is 14.5 Å². The number of aromatic nitrogens is 3. The van der Waals surface area contributed by atoms with Crippen molar-refractivity contribution < 1.29 is 13.9 Å². The van der Waals surface area contributed by atoms with Crippen LogP contribution in [0.25, 0.3) is 17.1 Å². The van der Waals surface area contributed by atoms with Crippen LogP contribution in [-0.2, 0) is 17.8 Å². The fraction of sp³-hybridized carbons (Fsp3) is 0.464. The zero-order chi connectivity index (χ0) is 26.5. The van der Waals surface area contributed by atoms with Crippen LogP contribution in [0.3, 0.4) is 0 Å². The normalized spacial score (nSPS) is 14.9. The first kappa shape index (κ1) is 26.8. The van der Waals surface area contributed by atoms with Gasteiger partial charge in [0.2, 0.25) is 0 Å². The summed E-state index contributed by atoms with van der Waals surface area (Å²) in [4.78, 5) is 30.9. The topological polar surface area (TPSA) is 72.6 Å². The number of halogens is 1. The van der Waals surface area contributed by atoms with Crippen LogP contribution in [0.5, 0.6) is 5.75 Å². The summed E-state index contributed by atoms with van der Waals surface area (Å²) in [7, 11) is 3.53. The number of hydrogen-bond donors (Lipinski definition) is 0. The van der Waals surface area contributed by atoms with Crippen molar-refractivity contribution >= 4 is 5.78 Å². The van der Waals surface area contributed by atoms with E-state index in [-0.39, 0.29) is 24.0 Å². The van der Waals surface area contributed by atoms with Gasteiger partial charge in [-0.25, -0.2) is 9.18 Å². The van der Waals surface area contributed by atoms with Crippen LogP contribution in [0.1, 0.15) is 25.8 Å². The standard InChI is InChI=1S/C28H36FN5O3/c1-20(2)17-24(35)19-33-27(22-7-10-25(29)26(18-22)37-4)30-34(28(33)36)23-8-5-21(6-9-23)11-12-32-15-13-31(3)14-16-32/h5-10,18,20H,11-17,19H2,1-4H3. The van der Waals surface area contributed by atoms with Gasteiger partial charge in [0.25, 0.3) is 0 Å². The lowest BCUT2D eigenvalue weighted by atomic mass is 10.1. The van der Waals surface area contributed by atoms with Crippen LogP contribution >= 0.6 is 0 Å². The molecule has 2 heterocycles. The number of piperazine rings is 1. The summed E-state index contributed by atoms with van der Waals surface area (Å²) >= 11 is 0. The van der Waals surface area contributed by atoms with Gasteiger partial charge >= 0.3 is 5.69 Å². The second-order valence-electron chi connectivity index (χ2n) is 10.2. The molecule has 1 saturated heterocycles. The van der Waals surface area contributed by atoms with E-state index in [1.165, 1.54) is 40.1 Å². The van der Waals surface area contributed by atoms with E-state index in [4.69, 9.17) is 4.74 Å². The zero-order valence-electron chi connectivity index (χ0n) is 22.1. The molecular weight excluding hydrogens is 473 g/mol. The molecule has 0 saturated carbocycles. The Bertz CT molecular complexity index is 1270. The van der Waals surface area contributed by atoms with Crippen molar-refractivity contribution in [3.05, 3.63) is 64.3 Å². The molecule has 2 aromatic carbocycles. The Hall–Kier alpha value is -3.30. The third kappa shape index (κ3) is 6.53. The number of Topliss-reactive ketones (excluding diaryl/α,β-unsaturated/α-hetero) is 1. The summed E-state index contributed by atoms with van der Waals surface area (Å²) in [6.45, 7) is 9.15. The average molecular weight is 510 g/mol. The van der Waals surface area contributed by atoms with Crippen molar-refractivity contribution in [3.63, 3.8) is 0 Å². The molecule has 0 N–H and O–H groups in total.